The second kappa shape index (κ2) is 8.40. The van der Waals surface area contributed by atoms with E-state index in [2.05, 4.69) is 11.5 Å². The average molecular weight is 390 g/mol. The molecule has 2 aromatic heterocycles. The molecule has 146 valence electrons. The van der Waals surface area contributed by atoms with Gasteiger partial charge in [0.1, 0.15) is 4.88 Å². The smallest absolute Gasteiger partial charge is 0.348 e. The molecule has 6 heteroatoms. The van der Waals surface area contributed by atoms with Gasteiger partial charge in [-0.15, -0.1) is 11.3 Å². The minimum Gasteiger partial charge on any atom is -0.453 e. The van der Waals surface area contributed by atoms with Gasteiger partial charge in [0.05, 0.1) is 6.10 Å². The molecule has 1 saturated heterocycles. The summed E-state index contributed by atoms with van der Waals surface area (Å²) in [6.07, 6.45) is 3.24. The molecule has 0 aliphatic carbocycles. The summed E-state index contributed by atoms with van der Waals surface area (Å²) in [6, 6.07) is 3.74. The normalized spacial score (nSPS) is 16.7. The van der Waals surface area contributed by atoms with E-state index in [1.807, 2.05) is 32.9 Å². The lowest BCUT2D eigenvalue weighted by Crippen LogP contribution is -2.18. The minimum absolute atomic E-state index is 0.168. The summed E-state index contributed by atoms with van der Waals surface area (Å²) in [5.41, 5.74) is 3.70. The van der Waals surface area contributed by atoms with Gasteiger partial charge in [0.25, 0.3) is 0 Å². The first kappa shape index (κ1) is 19.8. The molecule has 27 heavy (non-hydrogen) atoms. The van der Waals surface area contributed by atoms with Crippen molar-refractivity contribution in [3.8, 4) is 0 Å². The number of aromatic nitrogens is 1. The fourth-order valence-corrected chi connectivity index (χ4v) is 4.62. The Balaban J connectivity index is 1.64. The zero-order valence-corrected chi connectivity index (χ0v) is 17.3. The third-order valence-corrected chi connectivity index (χ3v) is 6.29. The number of hydrogen-bond acceptors (Lipinski definition) is 5. The molecule has 0 aromatic carbocycles. The Hall–Kier alpha value is -1.92. The predicted molar refractivity (Wildman–Crippen MR) is 106 cm³/mol. The molecular formula is C21H27NO4S. The molecule has 5 nitrogen and oxygen atoms in total. The summed E-state index contributed by atoms with van der Waals surface area (Å²) >= 11 is 1.42. The zero-order valence-electron chi connectivity index (χ0n) is 16.5. The van der Waals surface area contributed by atoms with Crippen molar-refractivity contribution in [2.45, 2.75) is 59.6 Å². The number of ketones is 1. The molecule has 1 unspecified atom stereocenters. The van der Waals surface area contributed by atoms with E-state index in [1.54, 1.807) is 0 Å². The van der Waals surface area contributed by atoms with Crippen LogP contribution in [-0.4, -0.2) is 35.6 Å². The number of rotatable bonds is 7. The molecule has 1 fully saturated rings. The lowest BCUT2D eigenvalue weighted by molar-refractivity contribution is 0.0479. The fraction of sp³-hybridized carbons (Fsp3) is 0.524. The maximum Gasteiger partial charge on any atom is 0.348 e. The highest BCUT2D eigenvalue weighted by Crippen LogP contribution is 2.23. The van der Waals surface area contributed by atoms with E-state index in [0.717, 1.165) is 54.2 Å². The first-order valence-electron chi connectivity index (χ1n) is 9.48. The maximum absolute atomic E-state index is 12.6. The summed E-state index contributed by atoms with van der Waals surface area (Å²) in [5.74, 6) is -0.594. The lowest BCUT2D eigenvalue weighted by Gasteiger charge is -2.14. The first-order valence-corrected chi connectivity index (χ1v) is 10.3. The van der Waals surface area contributed by atoms with Crippen molar-refractivity contribution in [3.63, 3.8) is 0 Å². The number of nitrogens with zero attached hydrogens (tertiary/aromatic N) is 1. The molecule has 1 atom stereocenters. The number of esters is 1. The monoisotopic (exact) mass is 389 g/mol. The molecule has 0 N–H and O–H groups in total. The van der Waals surface area contributed by atoms with Gasteiger partial charge in [-0.25, -0.2) is 4.79 Å². The van der Waals surface area contributed by atoms with Gasteiger partial charge in [0.2, 0.25) is 5.78 Å². The highest BCUT2D eigenvalue weighted by atomic mass is 32.1. The van der Waals surface area contributed by atoms with Crippen LogP contribution in [0.15, 0.2) is 12.1 Å². The highest BCUT2D eigenvalue weighted by Gasteiger charge is 2.22. The summed E-state index contributed by atoms with van der Waals surface area (Å²) in [7, 11) is 0. The Kier molecular flexibility index (Phi) is 6.17. The van der Waals surface area contributed by atoms with Crippen molar-refractivity contribution in [2.75, 3.05) is 13.2 Å². The van der Waals surface area contributed by atoms with Gasteiger partial charge in [0.15, 0.2) is 6.61 Å². The number of ether oxygens (including phenoxy) is 2. The fourth-order valence-electron chi connectivity index (χ4n) is 3.61. The number of aryl methyl sites for hydroxylation is 3. The van der Waals surface area contributed by atoms with E-state index < -0.39 is 5.97 Å². The quantitative estimate of drug-likeness (QED) is 0.525. The molecule has 0 amide bonds. The lowest BCUT2D eigenvalue weighted by atomic mass is 10.1. The predicted octanol–water partition coefficient (Wildman–Crippen LogP) is 4.26. The van der Waals surface area contributed by atoms with Gasteiger partial charge in [0, 0.05) is 35.0 Å². The topological polar surface area (TPSA) is 57.5 Å². The van der Waals surface area contributed by atoms with Crippen molar-refractivity contribution in [1.29, 1.82) is 0 Å². The van der Waals surface area contributed by atoms with Crippen LogP contribution in [-0.2, 0) is 22.4 Å². The molecule has 0 bridgehead atoms. The van der Waals surface area contributed by atoms with Crippen molar-refractivity contribution in [3.05, 3.63) is 44.4 Å². The van der Waals surface area contributed by atoms with Gasteiger partial charge in [-0.2, -0.15) is 0 Å². The van der Waals surface area contributed by atoms with E-state index in [-0.39, 0.29) is 18.5 Å². The Labute approximate surface area is 164 Å². The molecule has 2 aromatic rings. The van der Waals surface area contributed by atoms with Gasteiger partial charge in [-0.05, 0) is 57.7 Å². The molecule has 1 aliphatic heterocycles. The van der Waals surface area contributed by atoms with Crippen molar-refractivity contribution < 1.29 is 19.1 Å². The Morgan fingerprint density at radius 2 is 2.07 bits per heavy atom. The van der Waals surface area contributed by atoms with E-state index in [1.165, 1.54) is 11.3 Å². The third kappa shape index (κ3) is 4.33. The second-order valence-corrected chi connectivity index (χ2v) is 8.33. The first-order chi connectivity index (χ1) is 12.9. The van der Waals surface area contributed by atoms with Crippen LogP contribution < -0.4 is 0 Å². The van der Waals surface area contributed by atoms with Gasteiger partial charge in [-0.1, -0.05) is 6.92 Å². The van der Waals surface area contributed by atoms with E-state index >= 15 is 0 Å². The van der Waals surface area contributed by atoms with E-state index in [4.69, 9.17) is 9.47 Å². The Morgan fingerprint density at radius 3 is 2.70 bits per heavy atom. The van der Waals surface area contributed by atoms with Crippen LogP contribution in [0.5, 0.6) is 0 Å². The third-order valence-electron chi connectivity index (χ3n) is 5.22. The standard InChI is InChI=1S/C21H27NO4S/c1-5-16-10-20(27-15(16)4)21(24)26-12-19(23)18-9-13(2)22(14(18)3)11-17-7-6-8-25-17/h9-10,17H,5-8,11-12H2,1-4H3. The SMILES string of the molecule is CCc1cc(C(=O)OCC(=O)c2cc(C)n(CC3CCCO3)c2C)sc1C. The molecule has 3 heterocycles. The summed E-state index contributed by atoms with van der Waals surface area (Å²) in [4.78, 5) is 26.6. The van der Waals surface area contributed by atoms with E-state index in [0.29, 0.717) is 10.4 Å². The van der Waals surface area contributed by atoms with Crippen LogP contribution in [0.4, 0.5) is 0 Å². The number of hydrogen-bond donors (Lipinski definition) is 0. The van der Waals surface area contributed by atoms with Crippen LogP contribution in [0.3, 0.4) is 0 Å². The maximum atomic E-state index is 12.6. The molecule has 0 saturated carbocycles. The second-order valence-electron chi connectivity index (χ2n) is 7.08. The highest BCUT2D eigenvalue weighted by molar-refractivity contribution is 7.14. The molecule has 3 rings (SSSR count). The number of Topliss-reactive ketones (excluding diaryl/α,β-unsaturated/α-hetero) is 1. The van der Waals surface area contributed by atoms with E-state index in [9.17, 15) is 9.59 Å². The number of thiophene rings is 1. The van der Waals surface area contributed by atoms with Crippen molar-refractivity contribution in [1.82, 2.24) is 4.57 Å². The van der Waals surface area contributed by atoms with Crippen LogP contribution in [0.2, 0.25) is 0 Å². The summed E-state index contributed by atoms with van der Waals surface area (Å²) in [6.45, 7) is 9.32. The van der Waals surface area contributed by atoms with Gasteiger partial charge in [-0.3, -0.25) is 4.79 Å². The van der Waals surface area contributed by atoms with Crippen LogP contribution in [0.25, 0.3) is 0 Å². The summed E-state index contributed by atoms with van der Waals surface area (Å²) in [5, 5.41) is 0. The minimum atomic E-state index is -0.427. The number of carbonyl (C=O) groups is 2. The Bertz CT molecular complexity index is 843. The molecule has 0 radical (unpaired) electrons. The largest absolute Gasteiger partial charge is 0.453 e. The summed E-state index contributed by atoms with van der Waals surface area (Å²) < 4.78 is 13.1. The van der Waals surface area contributed by atoms with Crippen molar-refractivity contribution >= 4 is 23.1 Å². The molecule has 0 spiro atoms. The Morgan fingerprint density at radius 1 is 1.30 bits per heavy atom. The van der Waals surface area contributed by atoms with Crippen LogP contribution >= 0.6 is 11.3 Å². The number of carbonyl (C=O) groups excluding carboxylic acids is 2. The van der Waals surface area contributed by atoms with Crippen LogP contribution in [0, 0.1) is 20.8 Å². The van der Waals surface area contributed by atoms with Gasteiger partial charge >= 0.3 is 5.97 Å². The molecular weight excluding hydrogens is 362 g/mol. The average Bonchev–Trinajstić information content (AvgIpc) is 3.35. The zero-order chi connectivity index (χ0) is 19.6. The van der Waals surface area contributed by atoms with Crippen molar-refractivity contribution in [2.24, 2.45) is 0 Å². The van der Waals surface area contributed by atoms with Crippen LogP contribution in [0.1, 0.15) is 61.6 Å². The molecule has 1 aliphatic rings. The van der Waals surface area contributed by atoms with Gasteiger partial charge < -0.3 is 14.0 Å².